The number of benzene rings is 1. The van der Waals surface area contributed by atoms with Gasteiger partial charge >= 0.3 is 0 Å². The first-order valence-electron chi connectivity index (χ1n) is 6.07. The van der Waals surface area contributed by atoms with Crippen LogP contribution in [0.4, 0.5) is 0 Å². The molecule has 96 valence electrons. The summed E-state index contributed by atoms with van der Waals surface area (Å²) in [6.07, 6.45) is 0.821. The number of methoxy groups -OCH3 is 1. The Balaban J connectivity index is 2.04. The Labute approximate surface area is 106 Å². The first-order chi connectivity index (χ1) is 8.70. The number of aryl methyl sites for hydroxylation is 1. The molecule has 4 nitrogen and oxygen atoms in total. The van der Waals surface area contributed by atoms with Gasteiger partial charge in [0.25, 0.3) is 5.91 Å². The number of H-pyrrole nitrogens is 1. The SMILES string of the molecule is COCCCNC(=O)c1cc2ccc(C)cc2[nH]1. The summed E-state index contributed by atoms with van der Waals surface area (Å²) >= 11 is 0. The zero-order chi connectivity index (χ0) is 13.0. The molecule has 0 saturated carbocycles. The molecule has 2 aromatic rings. The van der Waals surface area contributed by atoms with E-state index in [-0.39, 0.29) is 5.91 Å². The molecule has 0 radical (unpaired) electrons. The number of aromatic amines is 1. The molecule has 0 aliphatic carbocycles. The molecule has 0 fully saturated rings. The van der Waals surface area contributed by atoms with E-state index in [1.165, 1.54) is 5.56 Å². The van der Waals surface area contributed by atoms with Crippen LogP contribution in [0.3, 0.4) is 0 Å². The summed E-state index contributed by atoms with van der Waals surface area (Å²) in [5.74, 6) is -0.0695. The quantitative estimate of drug-likeness (QED) is 0.795. The van der Waals surface area contributed by atoms with Crippen LogP contribution in [0.5, 0.6) is 0 Å². The van der Waals surface area contributed by atoms with Crippen LogP contribution < -0.4 is 5.32 Å². The van der Waals surface area contributed by atoms with Gasteiger partial charge in [-0.15, -0.1) is 0 Å². The number of ether oxygens (including phenoxy) is 1. The molecule has 0 atom stereocenters. The van der Waals surface area contributed by atoms with Crippen molar-refractivity contribution in [2.24, 2.45) is 0 Å². The maximum atomic E-state index is 11.9. The Morgan fingerprint density at radius 2 is 2.22 bits per heavy atom. The molecule has 1 heterocycles. The second-order valence-corrected chi connectivity index (χ2v) is 4.38. The minimum atomic E-state index is -0.0695. The van der Waals surface area contributed by atoms with Gasteiger partial charge in [0.2, 0.25) is 0 Å². The smallest absolute Gasteiger partial charge is 0.267 e. The number of rotatable bonds is 5. The van der Waals surface area contributed by atoms with Gasteiger partial charge in [-0.1, -0.05) is 12.1 Å². The summed E-state index contributed by atoms with van der Waals surface area (Å²) in [7, 11) is 1.65. The van der Waals surface area contributed by atoms with Crippen LogP contribution in [0, 0.1) is 6.92 Å². The number of fused-ring (bicyclic) bond motifs is 1. The summed E-state index contributed by atoms with van der Waals surface area (Å²) in [4.78, 5) is 15.0. The minimum absolute atomic E-state index is 0.0695. The topological polar surface area (TPSA) is 54.1 Å². The molecule has 0 unspecified atom stereocenters. The third-order valence-electron chi connectivity index (χ3n) is 2.83. The van der Waals surface area contributed by atoms with Crippen LogP contribution in [-0.2, 0) is 4.74 Å². The van der Waals surface area contributed by atoms with E-state index < -0.39 is 0 Å². The second-order valence-electron chi connectivity index (χ2n) is 4.38. The van der Waals surface area contributed by atoms with E-state index in [1.807, 2.05) is 31.2 Å². The van der Waals surface area contributed by atoms with E-state index in [9.17, 15) is 4.79 Å². The standard InChI is InChI=1S/C14H18N2O2/c1-10-4-5-11-9-13(16-12(11)8-10)14(17)15-6-3-7-18-2/h4-5,8-9,16H,3,6-7H2,1-2H3,(H,15,17). The highest BCUT2D eigenvalue weighted by atomic mass is 16.5. The van der Waals surface area contributed by atoms with Crippen molar-refractivity contribution in [3.63, 3.8) is 0 Å². The van der Waals surface area contributed by atoms with Crippen molar-refractivity contribution in [3.8, 4) is 0 Å². The lowest BCUT2D eigenvalue weighted by Crippen LogP contribution is -2.25. The first kappa shape index (κ1) is 12.6. The van der Waals surface area contributed by atoms with Crippen LogP contribution in [0.2, 0.25) is 0 Å². The molecule has 0 spiro atoms. The van der Waals surface area contributed by atoms with Crippen LogP contribution in [-0.4, -0.2) is 31.2 Å². The molecule has 18 heavy (non-hydrogen) atoms. The van der Waals surface area contributed by atoms with Crippen molar-refractivity contribution in [2.45, 2.75) is 13.3 Å². The van der Waals surface area contributed by atoms with Crippen LogP contribution in [0.15, 0.2) is 24.3 Å². The van der Waals surface area contributed by atoms with Gasteiger partial charge in [0.1, 0.15) is 5.69 Å². The fourth-order valence-corrected chi connectivity index (χ4v) is 1.88. The molecule has 2 N–H and O–H groups in total. The maximum Gasteiger partial charge on any atom is 0.267 e. The lowest BCUT2D eigenvalue weighted by Gasteiger charge is -2.02. The molecule has 0 aliphatic heterocycles. The van der Waals surface area contributed by atoms with Gasteiger partial charge in [-0.25, -0.2) is 0 Å². The molecule has 1 aromatic carbocycles. The van der Waals surface area contributed by atoms with E-state index >= 15 is 0 Å². The van der Waals surface area contributed by atoms with E-state index in [0.717, 1.165) is 17.3 Å². The Kier molecular flexibility index (Phi) is 3.99. The zero-order valence-electron chi connectivity index (χ0n) is 10.7. The minimum Gasteiger partial charge on any atom is -0.385 e. The molecular weight excluding hydrogens is 228 g/mol. The number of carbonyl (C=O) groups is 1. The second kappa shape index (κ2) is 5.69. The first-order valence-corrected chi connectivity index (χ1v) is 6.07. The van der Waals surface area contributed by atoms with Crippen molar-refractivity contribution in [2.75, 3.05) is 20.3 Å². The third kappa shape index (κ3) is 2.90. The highest BCUT2D eigenvalue weighted by molar-refractivity contribution is 5.98. The average Bonchev–Trinajstić information content (AvgIpc) is 2.77. The predicted molar refractivity (Wildman–Crippen MR) is 71.9 cm³/mol. The molecule has 2 rings (SSSR count). The van der Waals surface area contributed by atoms with Gasteiger partial charge in [0.05, 0.1) is 0 Å². The van der Waals surface area contributed by atoms with E-state index in [0.29, 0.717) is 18.8 Å². The summed E-state index contributed by atoms with van der Waals surface area (Å²) in [6.45, 7) is 3.32. The fraction of sp³-hybridized carbons (Fsp3) is 0.357. The number of nitrogens with one attached hydrogen (secondary N) is 2. The summed E-state index contributed by atoms with van der Waals surface area (Å²) in [6, 6.07) is 7.97. The van der Waals surface area contributed by atoms with Gasteiger partial charge in [0.15, 0.2) is 0 Å². The molecule has 0 bridgehead atoms. The predicted octanol–water partition coefficient (Wildman–Crippen LogP) is 2.24. The van der Waals surface area contributed by atoms with Gasteiger partial charge < -0.3 is 15.0 Å². The van der Waals surface area contributed by atoms with Crippen molar-refractivity contribution in [3.05, 3.63) is 35.5 Å². The summed E-state index contributed by atoms with van der Waals surface area (Å²) in [5.41, 5.74) is 2.78. The van der Waals surface area contributed by atoms with Crippen LogP contribution >= 0.6 is 0 Å². The Morgan fingerprint density at radius 1 is 1.39 bits per heavy atom. The highest BCUT2D eigenvalue weighted by Gasteiger charge is 2.08. The lowest BCUT2D eigenvalue weighted by atomic mass is 10.2. The molecule has 1 aromatic heterocycles. The fourth-order valence-electron chi connectivity index (χ4n) is 1.88. The van der Waals surface area contributed by atoms with E-state index in [4.69, 9.17) is 4.74 Å². The van der Waals surface area contributed by atoms with Crippen molar-refractivity contribution < 1.29 is 9.53 Å². The average molecular weight is 246 g/mol. The zero-order valence-corrected chi connectivity index (χ0v) is 10.7. The number of hydrogen-bond donors (Lipinski definition) is 2. The van der Waals surface area contributed by atoms with E-state index in [1.54, 1.807) is 7.11 Å². The van der Waals surface area contributed by atoms with Crippen molar-refractivity contribution in [1.29, 1.82) is 0 Å². The van der Waals surface area contributed by atoms with Crippen LogP contribution in [0.25, 0.3) is 10.9 Å². The summed E-state index contributed by atoms with van der Waals surface area (Å²) < 4.78 is 4.93. The maximum absolute atomic E-state index is 11.9. The number of aromatic nitrogens is 1. The normalized spacial score (nSPS) is 10.8. The lowest BCUT2D eigenvalue weighted by molar-refractivity contribution is 0.0944. The Bertz CT molecular complexity index is 546. The van der Waals surface area contributed by atoms with Gasteiger partial charge in [-0.3, -0.25) is 4.79 Å². The van der Waals surface area contributed by atoms with E-state index in [2.05, 4.69) is 10.3 Å². The highest BCUT2D eigenvalue weighted by Crippen LogP contribution is 2.16. The number of amides is 1. The summed E-state index contributed by atoms with van der Waals surface area (Å²) in [5, 5.41) is 3.92. The number of hydrogen-bond acceptors (Lipinski definition) is 2. The Morgan fingerprint density at radius 3 is 3.00 bits per heavy atom. The van der Waals surface area contributed by atoms with Crippen molar-refractivity contribution in [1.82, 2.24) is 10.3 Å². The largest absolute Gasteiger partial charge is 0.385 e. The number of carbonyl (C=O) groups excluding carboxylic acids is 1. The molecule has 1 amide bonds. The molecule has 0 saturated heterocycles. The Hall–Kier alpha value is -1.81. The molecule has 4 heteroatoms. The van der Waals surface area contributed by atoms with Gasteiger partial charge in [-0.05, 0) is 31.0 Å². The van der Waals surface area contributed by atoms with Crippen molar-refractivity contribution >= 4 is 16.8 Å². The van der Waals surface area contributed by atoms with Crippen LogP contribution in [0.1, 0.15) is 22.5 Å². The molecule has 0 aliphatic rings. The third-order valence-corrected chi connectivity index (χ3v) is 2.83. The van der Waals surface area contributed by atoms with Gasteiger partial charge in [0, 0.05) is 31.2 Å². The monoisotopic (exact) mass is 246 g/mol. The molecular formula is C14H18N2O2. The van der Waals surface area contributed by atoms with Gasteiger partial charge in [-0.2, -0.15) is 0 Å².